The monoisotopic (exact) mass is 508 g/mol. The number of benzene rings is 1. The van der Waals surface area contributed by atoms with E-state index in [4.69, 9.17) is 4.43 Å². The van der Waals surface area contributed by atoms with E-state index >= 15 is 0 Å². The molecule has 0 bridgehead atoms. The zero-order valence-corrected chi connectivity index (χ0v) is 24.1. The Hall–Kier alpha value is -2.31. The number of nitrogens with zero attached hydrogens (tertiary/aromatic N) is 2. The number of hydrogen-bond acceptors (Lipinski definition) is 3. The van der Waals surface area contributed by atoms with Crippen LogP contribution in [0.2, 0.25) is 18.1 Å². The van der Waals surface area contributed by atoms with Gasteiger partial charge in [0.15, 0.2) is 13.7 Å². The first kappa shape index (κ1) is 26.7. The van der Waals surface area contributed by atoms with Crippen molar-refractivity contribution in [2.24, 2.45) is 5.92 Å². The fraction of sp³-hybridized carbons (Fsp3) is 0.533. The highest BCUT2D eigenvalue weighted by atomic mass is 28.4. The van der Waals surface area contributed by atoms with Gasteiger partial charge in [-0.1, -0.05) is 20.8 Å². The Kier molecular flexibility index (Phi) is 7.08. The summed E-state index contributed by atoms with van der Waals surface area (Å²) in [6, 6.07) is 10.1. The Labute approximate surface area is 216 Å². The molecule has 2 aromatic heterocycles. The molecule has 4 nitrogen and oxygen atoms in total. The van der Waals surface area contributed by atoms with Gasteiger partial charge >= 0.3 is 0 Å². The fourth-order valence-corrected chi connectivity index (χ4v) is 7.49. The van der Waals surface area contributed by atoms with E-state index in [1.807, 2.05) is 23.6 Å². The predicted molar refractivity (Wildman–Crippen MR) is 149 cm³/mol. The van der Waals surface area contributed by atoms with Gasteiger partial charge in [0.1, 0.15) is 11.5 Å². The van der Waals surface area contributed by atoms with Crippen molar-refractivity contribution in [2.75, 3.05) is 0 Å². The molecule has 36 heavy (non-hydrogen) atoms. The first-order valence-electron chi connectivity index (χ1n) is 13.2. The van der Waals surface area contributed by atoms with Crippen molar-refractivity contribution < 1.29 is 8.82 Å². The quantitative estimate of drug-likeness (QED) is 0.329. The second-order valence-corrected chi connectivity index (χ2v) is 17.3. The lowest BCUT2D eigenvalue weighted by atomic mass is 9.72. The van der Waals surface area contributed by atoms with Crippen molar-refractivity contribution in [3.8, 4) is 5.69 Å². The van der Waals surface area contributed by atoms with Crippen LogP contribution in [0.3, 0.4) is 0 Å². The van der Waals surface area contributed by atoms with Crippen LogP contribution in [-0.4, -0.2) is 23.5 Å². The van der Waals surface area contributed by atoms with Crippen molar-refractivity contribution in [1.29, 1.82) is 0 Å². The number of pyridine rings is 2. The minimum atomic E-state index is -1.89. The van der Waals surface area contributed by atoms with Crippen LogP contribution < -0.4 is 5.43 Å². The SMILES string of the molecule is Cc1c(C2CCC(C(C)(C)O[Si](C)(C)C(C)(C)C)CC2)c(=O)c2cccnc2n1-c1ccc(F)cc1. The van der Waals surface area contributed by atoms with Gasteiger partial charge in [-0.2, -0.15) is 0 Å². The fourth-order valence-electron chi connectivity index (χ4n) is 5.70. The molecule has 1 saturated carbocycles. The Bertz CT molecular complexity index is 1300. The van der Waals surface area contributed by atoms with Gasteiger partial charge in [-0.15, -0.1) is 0 Å². The highest BCUT2D eigenvalue weighted by molar-refractivity contribution is 6.74. The molecular weight excluding hydrogens is 467 g/mol. The lowest BCUT2D eigenvalue weighted by molar-refractivity contribution is 0.00990. The van der Waals surface area contributed by atoms with E-state index in [0.717, 1.165) is 42.6 Å². The largest absolute Gasteiger partial charge is 0.412 e. The van der Waals surface area contributed by atoms with Crippen LogP contribution in [0, 0.1) is 18.7 Å². The van der Waals surface area contributed by atoms with Crippen molar-refractivity contribution in [2.45, 2.75) is 96.9 Å². The van der Waals surface area contributed by atoms with E-state index < -0.39 is 8.32 Å². The molecule has 1 aliphatic rings. The summed E-state index contributed by atoms with van der Waals surface area (Å²) in [7, 11) is -1.89. The van der Waals surface area contributed by atoms with Crippen LogP contribution in [0.15, 0.2) is 47.4 Å². The average Bonchev–Trinajstić information content (AvgIpc) is 2.79. The topological polar surface area (TPSA) is 44.1 Å². The maximum Gasteiger partial charge on any atom is 0.194 e. The molecule has 0 unspecified atom stereocenters. The van der Waals surface area contributed by atoms with E-state index in [-0.39, 0.29) is 27.8 Å². The highest BCUT2D eigenvalue weighted by Gasteiger charge is 2.44. The maximum atomic E-state index is 13.7. The van der Waals surface area contributed by atoms with Crippen LogP contribution in [-0.2, 0) is 4.43 Å². The standard InChI is InChI=1S/C30H41FN2O2Si/c1-20-26(21-11-13-22(14-12-21)30(5,6)35-36(7,8)29(2,3)4)27(34)25-10-9-19-32-28(25)33(20)24-17-15-23(31)16-18-24/h9-10,15-19,21-22H,11-14H2,1-8H3. The minimum Gasteiger partial charge on any atom is -0.412 e. The molecule has 0 radical (unpaired) electrons. The van der Waals surface area contributed by atoms with Gasteiger partial charge in [0.05, 0.1) is 11.0 Å². The van der Waals surface area contributed by atoms with Gasteiger partial charge in [-0.3, -0.25) is 9.36 Å². The average molecular weight is 509 g/mol. The first-order chi connectivity index (χ1) is 16.7. The summed E-state index contributed by atoms with van der Waals surface area (Å²) >= 11 is 0. The van der Waals surface area contributed by atoms with Crippen LogP contribution in [0.4, 0.5) is 4.39 Å². The third kappa shape index (κ3) is 4.94. The molecule has 194 valence electrons. The minimum absolute atomic E-state index is 0.0780. The van der Waals surface area contributed by atoms with E-state index in [1.165, 1.54) is 12.1 Å². The molecule has 2 heterocycles. The first-order valence-corrected chi connectivity index (χ1v) is 16.1. The maximum absolute atomic E-state index is 13.7. The molecule has 1 aromatic carbocycles. The lowest BCUT2D eigenvalue weighted by Crippen LogP contribution is -2.50. The number of aromatic nitrogens is 2. The van der Waals surface area contributed by atoms with Gasteiger partial charge < -0.3 is 4.43 Å². The Morgan fingerprint density at radius 2 is 1.61 bits per heavy atom. The molecule has 3 aromatic rings. The Morgan fingerprint density at radius 1 is 1.00 bits per heavy atom. The predicted octanol–water partition coefficient (Wildman–Crippen LogP) is 7.91. The van der Waals surface area contributed by atoms with E-state index in [1.54, 1.807) is 18.3 Å². The third-order valence-electron chi connectivity index (χ3n) is 8.74. The van der Waals surface area contributed by atoms with Crippen LogP contribution >= 0.6 is 0 Å². The van der Waals surface area contributed by atoms with Gasteiger partial charge in [0.25, 0.3) is 0 Å². The van der Waals surface area contributed by atoms with Gasteiger partial charge in [-0.25, -0.2) is 9.37 Å². The van der Waals surface area contributed by atoms with E-state index in [2.05, 4.69) is 52.7 Å². The van der Waals surface area contributed by atoms with E-state index in [0.29, 0.717) is 17.0 Å². The number of hydrogen-bond donors (Lipinski definition) is 0. The molecule has 6 heteroatoms. The van der Waals surface area contributed by atoms with Crippen LogP contribution in [0.1, 0.15) is 77.5 Å². The number of rotatable bonds is 5. The van der Waals surface area contributed by atoms with Gasteiger partial charge in [0.2, 0.25) is 0 Å². The van der Waals surface area contributed by atoms with Crippen LogP contribution in [0.25, 0.3) is 16.7 Å². The molecule has 0 N–H and O–H groups in total. The van der Waals surface area contributed by atoms with Gasteiger partial charge in [-0.05, 0) is 113 Å². The second kappa shape index (κ2) is 9.53. The molecular formula is C30H41FN2O2Si. The normalized spacial score (nSPS) is 19.6. The smallest absolute Gasteiger partial charge is 0.194 e. The van der Waals surface area contributed by atoms with Crippen LogP contribution in [0.5, 0.6) is 0 Å². The van der Waals surface area contributed by atoms with Crippen molar-refractivity contribution >= 4 is 19.4 Å². The Morgan fingerprint density at radius 3 is 2.19 bits per heavy atom. The Balaban J connectivity index is 1.67. The van der Waals surface area contributed by atoms with Crippen molar-refractivity contribution in [3.63, 3.8) is 0 Å². The molecule has 0 aliphatic heterocycles. The molecule has 0 spiro atoms. The van der Waals surface area contributed by atoms with Gasteiger partial charge in [0, 0.05) is 23.1 Å². The number of halogens is 1. The summed E-state index contributed by atoms with van der Waals surface area (Å²) in [4.78, 5) is 18.3. The van der Waals surface area contributed by atoms with Crippen molar-refractivity contribution in [1.82, 2.24) is 9.55 Å². The molecule has 0 saturated heterocycles. The summed E-state index contributed by atoms with van der Waals surface area (Å²) in [6.07, 6.45) is 5.69. The second-order valence-electron chi connectivity index (χ2n) is 12.5. The summed E-state index contributed by atoms with van der Waals surface area (Å²) in [5.74, 6) is 0.370. The zero-order valence-electron chi connectivity index (χ0n) is 23.1. The zero-order chi connectivity index (χ0) is 26.5. The lowest BCUT2D eigenvalue weighted by Gasteiger charge is -2.47. The summed E-state index contributed by atoms with van der Waals surface area (Å²) in [5, 5.41) is 0.787. The number of fused-ring (bicyclic) bond motifs is 1. The highest BCUT2D eigenvalue weighted by Crippen LogP contribution is 2.46. The molecule has 1 aliphatic carbocycles. The molecule has 1 fully saturated rings. The summed E-state index contributed by atoms with van der Waals surface area (Å²) < 4.78 is 22.6. The molecule has 0 amide bonds. The summed E-state index contributed by atoms with van der Waals surface area (Å²) in [6.45, 7) is 18.0. The summed E-state index contributed by atoms with van der Waals surface area (Å²) in [5.41, 5.74) is 3.10. The van der Waals surface area contributed by atoms with E-state index in [9.17, 15) is 9.18 Å². The van der Waals surface area contributed by atoms with Crippen molar-refractivity contribution in [3.05, 3.63) is 69.9 Å². The third-order valence-corrected chi connectivity index (χ3v) is 13.4. The molecule has 4 rings (SSSR count). The molecule has 0 atom stereocenters.